The Morgan fingerprint density at radius 1 is 0.928 bits per heavy atom. The van der Waals surface area contributed by atoms with Gasteiger partial charge in [0.1, 0.15) is 27.3 Å². The van der Waals surface area contributed by atoms with Crippen LogP contribution in [-0.2, 0) is 26.3 Å². The summed E-state index contributed by atoms with van der Waals surface area (Å²) in [6.07, 6.45) is 5.87. The third-order valence-electron chi connectivity index (χ3n) is 11.5. The van der Waals surface area contributed by atoms with Gasteiger partial charge in [-0.05, 0) is 74.5 Å². The van der Waals surface area contributed by atoms with Crippen LogP contribution in [0.1, 0.15) is 24.0 Å². The number of amides is 3. The number of benzene rings is 4. The lowest BCUT2D eigenvalue weighted by Crippen LogP contribution is -2.47. The van der Waals surface area contributed by atoms with Gasteiger partial charge < -0.3 is 40.2 Å². The van der Waals surface area contributed by atoms with E-state index in [0.29, 0.717) is 68.7 Å². The summed E-state index contributed by atoms with van der Waals surface area (Å²) >= 11 is 1.17. The summed E-state index contributed by atoms with van der Waals surface area (Å²) < 4.78 is 43.2. The van der Waals surface area contributed by atoms with Gasteiger partial charge in [0.05, 0.1) is 49.7 Å². The number of likely N-dealkylation sites (N-methyl/N-ethyl adjacent to an activating group) is 2. The van der Waals surface area contributed by atoms with Gasteiger partial charge in [0.2, 0.25) is 11.9 Å². The molecule has 0 saturated carbocycles. The SMILES string of the molecule is C=CC(=O)Nc1cc(Nc2nccc(-c3cn(C)c4ccccc34)n2)c(OC)cc1N(C)CCN(C)CCOCCON(C)C(=O)N1N=C(c2cc(F)ccc2F)S[C@@]1(CCCN)c1ccccc1. The highest BCUT2D eigenvalue weighted by Crippen LogP contribution is 2.51. The van der Waals surface area contributed by atoms with Gasteiger partial charge in [-0.15, -0.1) is 0 Å². The first-order chi connectivity index (χ1) is 33.3. The van der Waals surface area contributed by atoms with Crippen molar-refractivity contribution in [1.29, 1.82) is 0 Å². The molecule has 0 aliphatic carbocycles. The van der Waals surface area contributed by atoms with Crippen LogP contribution in [0.3, 0.4) is 0 Å². The molecule has 4 N–H and O–H groups in total. The number of aryl methyl sites for hydroxylation is 1. The number of carbonyl (C=O) groups excluding carboxylic acids is 2. The number of nitrogens with zero attached hydrogens (tertiary/aromatic N) is 8. The molecule has 1 aliphatic rings. The molecule has 0 spiro atoms. The van der Waals surface area contributed by atoms with E-state index in [-0.39, 0.29) is 29.7 Å². The van der Waals surface area contributed by atoms with Gasteiger partial charge in [-0.25, -0.2) is 28.6 Å². The number of ether oxygens (including phenoxy) is 2. The number of urea groups is 1. The predicted molar refractivity (Wildman–Crippen MR) is 268 cm³/mol. The number of rotatable bonds is 22. The second-order valence-electron chi connectivity index (χ2n) is 16.3. The molecule has 6 aromatic rings. The molecule has 69 heavy (non-hydrogen) atoms. The van der Waals surface area contributed by atoms with Crippen molar-refractivity contribution in [3.05, 3.63) is 139 Å². The van der Waals surface area contributed by atoms with E-state index in [9.17, 15) is 14.0 Å². The summed E-state index contributed by atoms with van der Waals surface area (Å²) in [5.41, 5.74) is 11.2. The first kappa shape index (κ1) is 50.0. The minimum absolute atomic E-state index is 0.0483. The molecule has 0 saturated heterocycles. The number of hydrogen-bond acceptors (Lipinski definition) is 13. The number of aromatic nitrogens is 3. The summed E-state index contributed by atoms with van der Waals surface area (Å²) in [6.45, 7) is 6.41. The number of anilines is 4. The number of para-hydroxylation sites is 1. The van der Waals surface area contributed by atoms with E-state index in [1.165, 1.54) is 29.9 Å². The van der Waals surface area contributed by atoms with Crippen LogP contribution in [0, 0.1) is 11.6 Å². The Morgan fingerprint density at radius 2 is 1.71 bits per heavy atom. The molecule has 0 radical (unpaired) electrons. The van der Waals surface area contributed by atoms with Gasteiger partial charge in [-0.2, -0.15) is 10.1 Å². The smallest absolute Gasteiger partial charge is 0.365 e. The van der Waals surface area contributed by atoms with E-state index in [2.05, 4.69) is 48.9 Å². The molecule has 362 valence electrons. The average molecular weight is 962 g/mol. The number of hydrogen-bond donors (Lipinski definition) is 3. The van der Waals surface area contributed by atoms with Crippen molar-refractivity contribution in [1.82, 2.24) is 29.5 Å². The lowest BCUT2D eigenvalue weighted by Gasteiger charge is -2.37. The highest BCUT2D eigenvalue weighted by atomic mass is 32.2. The highest BCUT2D eigenvalue weighted by Gasteiger charge is 2.49. The molecule has 0 unspecified atom stereocenters. The van der Waals surface area contributed by atoms with Crippen molar-refractivity contribution in [2.75, 3.05) is 89.8 Å². The van der Waals surface area contributed by atoms with Crippen molar-refractivity contribution in [3.8, 4) is 17.0 Å². The minimum atomic E-state index is -1.10. The molecule has 1 aliphatic heterocycles. The van der Waals surface area contributed by atoms with Crippen molar-refractivity contribution in [3.63, 3.8) is 0 Å². The first-order valence-corrected chi connectivity index (χ1v) is 23.1. The van der Waals surface area contributed by atoms with Gasteiger partial charge in [-0.1, -0.05) is 66.9 Å². The lowest BCUT2D eigenvalue weighted by atomic mass is 10.0. The Hall–Kier alpha value is -6.90. The molecule has 0 fully saturated rings. The van der Waals surface area contributed by atoms with Crippen molar-refractivity contribution >= 4 is 62.7 Å². The quantitative estimate of drug-likeness (QED) is 0.0340. The van der Waals surface area contributed by atoms with Crippen LogP contribution in [0.15, 0.2) is 121 Å². The highest BCUT2D eigenvalue weighted by molar-refractivity contribution is 8.15. The fourth-order valence-corrected chi connectivity index (χ4v) is 9.27. The second-order valence-corrected chi connectivity index (χ2v) is 17.5. The van der Waals surface area contributed by atoms with E-state index in [4.69, 9.17) is 25.0 Å². The zero-order valence-electron chi connectivity index (χ0n) is 39.3. The van der Waals surface area contributed by atoms with Crippen LogP contribution >= 0.6 is 11.8 Å². The van der Waals surface area contributed by atoms with Crippen molar-refractivity contribution in [2.45, 2.75) is 17.7 Å². The number of thioether (sulfide) groups is 1. The van der Waals surface area contributed by atoms with Crippen LogP contribution in [0.4, 0.5) is 36.6 Å². The molecule has 1 atom stereocenters. The van der Waals surface area contributed by atoms with Crippen LogP contribution in [0.2, 0.25) is 0 Å². The summed E-state index contributed by atoms with van der Waals surface area (Å²) in [5.74, 6) is -0.789. The van der Waals surface area contributed by atoms with Gasteiger partial charge in [-0.3, -0.25) is 9.63 Å². The summed E-state index contributed by atoms with van der Waals surface area (Å²) in [4.78, 5) is 44.9. The monoisotopic (exact) mass is 961 g/mol. The van der Waals surface area contributed by atoms with E-state index in [1.54, 1.807) is 19.4 Å². The minimum Gasteiger partial charge on any atom is -0.494 e. The number of methoxy groups -OCH3 is 1. The van der Waals surface area contributed by atoms with Crippen molar-refractivity contribution in [2.24, 2.45) is 17.9 Å². The number of halogens is 2. The molecular weight excluding hydrogens is 905 g/mol. The van der Waals surface area contributed by atoms with Gasteiger partial charge >= 0.3 is 6.03 Å². The van der Waals surface area contributed by atoms with Gasteiger partial charge in [0, 0.05) is 81.3 Å². The molecule has 3 amide bonds. The molecular formula is C50H57F2N11O5S. The summed E-state index contributed by atoms with van der Waals surface area (Å²) in [7, 11) is 8.95. The van der Waals surface area contributed by atoms with E-state index >= 15 is 4.39 Å². The maximum atomic E-state index is 15.0. The molecule has 3 heterocycles. The van der Waals surface area contributed by atoms with Crippen LogP contribution in [0.25, 0.3) is 22.2 Å². The molecule has 0 bridgehead atoms. The fraction of sp³-hybridized carbons (Fsp3) is 0.300. The van der Waals surface area contributed by atoms with Crippen LogP contribution < -0.4 is 26.0 Å². The molecule has 2 aromatic heterocycles. The van der Waals surface area contributed by atoms with Gasteiger partial charge in [0.25, 0.3) is 0 Å². The lowest BCUT2D eigenvalue weighted by molar-refractivity contribution is -0.125. The Balaban J connectivity index is 0.934. The Kier molecular flexibility index (Phi) is 16.6. The maximum absolute atomic E-state index is 15.0. The maximum Gasteiger partial charge on any atom is 0.365 e. The fourth-order valence-electron chi connectivity index (χ4n) is 7.85. The van der Waals surface area contributed by atoms with E-state index in [0.717, 1.165) is 56.7 Å². The topological polar surface area (TPSA) is 168 Å². The van der Waals surface area contributed by atoms with Gasteiger partial charge in [0.15, 0.2) is 0 Å². The Labute approximate surface area is 404 Å². The molecule has 19 heteroatoms. The third kappa shape index (κ3) is 11.7. The van der Waals surface area contributed by atoms with E-state index in [1.807, 2.05) is 86.8 Å². The number of carbonyl (C=O) groups is 2. The number of fused-ring (bicyclic) bond motifs is 1. The van der Waals surface area contributed by atoms with E-state index < -0.39 is 22.5 Å². The second kappa shape index (κ2) is 22.9. The third-order valence-corrected chi connectivity index (χ3v) is 13.0. The zero-order chi connectivity index (χ0) is 49.1. The molecule has 7 rings (SSSR count). The van der Waals surface area contributed by atoms with Crippen LogP contribution in [-0.4, -0.2) is 121 Å². The molecule has 4 aromatic carbocycles. The Bertz CT molecular complexity index is 2800. The Morgan fingerprint density at radius 3 is 2.48 bits per heavy atom. The number of hydroxylamine groups is 2. The molecule has 16 nitrogen and oxygen atoms in total. The standard InChI is InChI=1S/C50H57F2N11O5S/c1-7-46(64)55-41-31-42(57-48-54-23-20-40(56-48)38-33-61(4)43-17-12-11-16-36(38)43)45(66-6)32-44(41)60(3)25-24-59(2)26-27-67-28-29-68-62(5)49(65)63-50(21-13-22-53,34-14-9-8-10-15-34)69-47(58-63)37-30-35(51)18-19-39(37)52/h7-12,14-20,23,30-33H,1,13,21-22,24-29,53H2,2-6H3,(H,55,64)(H,54,56,57)/t50-/m0/s1. The number of nitrogens with two attached hydrogens (primary N) is 1. The summed E-state index contributed by atoms with van der Waals surface area (Å²) in [6, 6.07) is 25.5. The van der Waals surface area contributed by atoms with Crippen molar-refractivity contribution < 1.29 is 32.7 Å². The predicted octanol–water partition coefficient (Wildman–Crippen LogP) is 8.16. The van der Waals surface area contributed by atoms with Crippen LogP contribution in [0.5, 0.6) is 5.75 Å². The number of nitrogens with one attached hydrogen (secondary N) is 2. The normalized spacial score (nSPS) is 14.5. The summed E-state index contributed by atoms with van der Waals surface area (Å²) in [5, 5.41) is 14.4. The largest absolute Gasteiger partial charge is 0.494 e. The first-order valence-electron chi connectivity index (χ1n) is 22.3. The zero-order valence-corrected chi connectivity index (χ0v) is 40.1. The number of hydrazone groups is 1. The average Bonchev–Trinajstić information content (AvgIpc) is 3.92.